The monoisotopic (exact) mass is 478 g/mol. The Kier molecular flexibility index (Phi) is 6.62. The summed E-state index contributed by atoms with van der Waals surface area (Å²) in [7, 11) is 0. The van der Waals surface area contributed by atoms with Gasteiger partial charge in [0.2, 0.25) is 0 Å². The topological polar surface area (TPSA) is 46.5 Å². The second kappa shape index (κ2) is 8.71. The molecule has 0 radical (unpaired) electrons. The molecule has 4 rings (SSSR count). The fourth-order valence-electron chi connectivity index (χ4n) is 8.20. The van der Waals surface area contributed by atoms with Crippen LogP contribution in [0.3, 0.4) is 0 Å². The van der Waals surface area contributed by atoms with Crippen LogP contribution in [0.2, 0.25) is 0 Å². The molecule has 5 heteroatoms. The molecular weight excluding hydrogens is 434 g/mol. The number of hydrogen-bond acceptors (Lipinski definition) is 3. The quantitative estimate of drug-likeness (QED) is 0.409. The lowest BCUT2D eigenvalue weighted by atomic mass is 9.50. The van der Waals surface area contributed by atoms with Crippen molar-refractivity contribution >= 4 is 5.97 Å². The maximum absolute atomic E-state index is 14.4. The highest BCUT2D eigenvalue weighted by Crippen LogP contribution is 2.66. The van der Waals surface area contributed by atoms with Gasteiger partial charge in [-0.25, -0.2) is 8.78 Å². The first-order valence-corrected chi connectivity index (χ1v) is 13.4. The van der Waals surface area contributed by atoms with Crippen LogP contribution in [0.1, 0.15) is 99.3 Å². The molecule has 0 aromatic rings. The van der Waals surface area contributed by atoms with Gasteiger partial charge in [-0.3, -0.25) is 4.79 Å². The molecule has 0 aromatic carbocycles. The summed E-state index contributed by atoms with van der Waals surface area (Å²) in [6.45, 7) is 10.9. The third-order valence-corrected chi connectivity index (χ3v) is 10.4. The van der Waals surface area contributed by atoms with E-state index in [1.165, 1.54) is 26.3 Å². The molecule has 0 bridgehead atoms. The highest BCUT2D eigenvalue weighted by atomic mass is 19.3. The van der Waals surface area contributed by atoms with Crippen molar-refractivity contribution in [2.24, 2.45) is 34.5 Å². The molecule has 4 aliphatic carbocycles. The van der Waals surface area contributed by atoms with Gasteiger partial charge in [-0.2, -0.15) is 0 Å². The van der Waals surface area contributed by atoms with Crippen molar-refractivity contribution in [2.75, 3.05) is 0 Å². The smallest absolute Gasteiger partial charge is 0.302 e. The number of esters is 1. The van der Waals surface area contributed by atoms with Crippen LogP contribution in [-0.2, 0) is 9.53 Å². The minimum atomic E-state index is -3.07. The summed E-state index contributed by atoms with van der Waals surface area (Å²) in [5.41, 5.74) is 1.33. The minimum absolute atomic E-state index is 0.000585. The number of allylic oxidation sites excluding steroid dienone is 3. The van der Waals surface area contributed by atoms with Crippen molar-refractivity contribution in [1.82, 2.24) is 0 Å². The zero-order valence-electron chi connectivity index (χ0n) is 21.9. The van der Waals surface area contributed by atoms with Crippen molar-refractivity contribution in [1.29, 1.82) is 0 Å². The number of aliphatic hydroxyl groups is 1. The Morgan fingerprint density at radius 3 is 2.50 bits per heavy atom. The average Bonchev–Trinajstić information content (AvgIpc) is 3.08. The van der Waals surface area contributed by atoms with E-state index in [1.807, 2.05) is 0 Å². The number of fused-ring (bicyclic) bond motifs is 5. The van der Waals surface area contributed by atoms with Gasteiger partial charge >= 0.3 is 5.97 Å². The van der Waals surface area contributed by atoms with Crippen molar-refractivity contribution < 1.29 is 23.4 Å². The summed E-state index contributed by atoms with van der Waals surface area (Å²) >= 11 is 0. The molecule has 3 nitrogen and oxygen atoms in total. The number of carbonyl (C=O) groups excluding carboxylic acids is 1. The molecule has 0 saturated heterocycles. The third-order valence-electron chi connectivity index (χ3n) is 10.4. The SMILES string of the molecule is CC(=O)OC1CC[C@@]2(C)C(=CC=C3[C@@H]4CC[C@H]([C@H](C)CCC(F)(F)C(C)(C)O)[C@@]4(C)CC[C@@H]32)C1. The molecule has 1 unspecified atom stereocenters. The normalized spacial score (nSPS) is 38.7. The van der Waals surface area contributed by atoms with E-state index < -0.39 is 11.5 Å². The Morgan fingerprint density at radius 2 is 1.85 bits per heavy atom. The second-order valence-corrected chi connectivity index (χ2v) is 12.9. The van der Waals surface area contributed by atoms with Gasteiger partial charge in [0.1, 0.15) is 11.7 Å². The largest absolute Gasteiger partial charge is 0.462 e. The lowest BCUT2D eigenvalue weighted by molar-refractivity contribution is -0.168. The molecule has 34 heavy (non-hydrogen) atoms. The van der Waals surface area contributed by atoms with E-state index in [-0.39, 0.29) is 35.2 Å². The predicted octanol–water partition coefficient (Wildman–Crippen LogP) is 7.24. The third kappa shape index (κ3) is 4.29. The molecule has 3 fully saturated rings. The maximum Gasteiger partial charge on any atom is 0.302 e. The number of alkyl halides is 2. The van der Waals surface area contributed by atoms with Crippen LogP contribution in [0, 0.1) is 34.5 Å². The molecule has 0 amide bonds. The highest BCUT2D eigenvalue weighted by molar-refractivity contribution is 5.66. The predicted molar refractivity (Wildman–Crippen MR) is 130 cm³/mol. The molecule has 4 aliphatic rings. The van der Waals surface area contributed by atoms with Gasteiger partial charge in [0.15, 0.2) is 0 Å². The van der Waals surface area contributed by atoms with Crippen LogP contribution in [0.5, 0.6) is 0 Å². The van der Waals surface area contributed by atoms with E-state index in [2.05, 4.69) is 32.9 Å². The standard InChI is InChI=1S/C29H44F2O3/c1-18(11-16-29(30,31)26(3,4)33)23-9-10-24-22-8-7-20-17-21(34-19(2)32)12-14-27(20,5)25(22)13-15-28(23,24)6/h7-8,18,21,23-25,33H,9-17H2,1-6H3/t18-,21?,23-,24+,25+,27+,28-/m1/s1. The molecule has 0 spiro atoms. The van der Waals surface area contributed by atoms with Crippen LogP contribution in [0.15, 0.2) is 23.3 Å². The highest BCUT2D eigenvalue weighted by Gasteiger charge is 2.57. The molecule has 0 aliphatic heterocycles. The molecule has 0 aromatic heterocycles. The molecule has 192 valence electrons. The number of hydrogen-bond donors (Lipinski definition) is 1. The zero-order valence-corrected chi connectivity index (χ0v) is 21.9. The lowest BCUT2D eigenvalue weighted by Gasteiger charge is -2.55. The average molecular weight is 479 g/mol. The Labute approximate surface area is 204 Å². The van der Waals surface area contributed by atoms with Gasteiger partial charge in [0.05, 0.1) is 0 Å². The van der Waals surface area contributed by atoms with Gasteiger partial charge in [0.25, 0.3) is 5.92 Å². The molecule has 0 heterocycles. The first kappa shape index (κ1) is 25.9. The lowest BCUT2D eigenvalue weighted by Crippen LogP contribution is -2.47. The Morgan fingerprint density at radius 1 is 1.15 bits per heavy atom. The van der Waals surface area contributed by atoms with E-state index in [4.69, 9.17) is 4.74 Å². The summed E-state index contributed by atoms with van der Waals surface area (Å²) < 4.78 is 34.4. The molecule has 7 atom stereocenters. The molecule has 1 N–H and O–H groups in total. The van der Waals surface area contributed by atoms with Crippen LogP contribution < -0.4 is 0 Å². The van der Waals surface area contributed by atoms with E-state index >= 15 is 0 Å². The minimum Gasteiger partial charge on any atom is -0.462 e. The van der Waals surface area contributed by atoms with Crippen LogP contribution >= 0.6 is 0 Å². The van der Waals surface area contributed by atoms with E-state index in [0.717, 1.165) is 44.9 Å². The van der Waals surface area contributed by atoms with Gasteiger partial charge in [-0.05, 0) is 93.3 Å². The van der Waals surface area contributed by atoms with Crippen LogP contribution in [-0.4, -0.2) is 28.7 Å². The van der Waals surface area contributed by atoms with Gasteiger partial charge in [-0.15, -0.1) is 0 Å². The second-order valence-electron chi connectivity index (χ2n) is 12.9. The first-order valence-electron chi connectivity index (χ1n) is 13.4. The summed E-state index contributed by atoms with van der Waals surface area (Å²) in [5, 5.41) is 9.88. The number of carbonyl (C=O) groups is 1. The number of rotatable bonds is 6. The summed E-state index contributed by atoms with van der Waals surface area (Å²) in [4.78, 5) is 11.5. The zero-order chi connectivity index (χ0) is 25.1. The van der Waals surface area contributed by atoms with Crippen molar-refractivity contribution in [3.05, 3.63) is 23.3 Å². The van der Waals surface area contributed by atoms with Crippen molar-refractivity contribution in [2.45, 2.75) is 117 Å². The van der Waals surface area contributed by atoms with Crippen LogP contribution in [0.25, 0.3) is 0 Å². The Hall–Kier alpha value is -1.23. The maximum atomic E-state index is 14.4. The van der Waals surface area contributed by atoms with E-state index in [1.54, 1.807) is 5.57 Å². The fourth-order valence-corrected chi connectivity index (χ4v) is 8.20. The van der Waals surface area contributed by atoms with E-state index in [0.29, 0.717) is 24.2 Å². The number of ether oxygens (including phenoxy) is 1. The van der Waals surface area contributed by atoms with Gasteiger partial charge in [-0.1, -0.05) is 44.1 Å². The van der Waals surface area contributed by atoms with Crippen molar-refractivity contribution in [3.8, 4) is 0 Å². The van der Waals surface area contributed by atoms with Crippen molar-refractivity contribution in [3.63, 3.8) is 0 Å². The van der Waals surface area contributed by atoms with Crippen LogP contribution in [0.4, 0.5) is 8.78 Å². The fraction of sp³-hybridized carbons (Fsp3) is 0.828. The summed E-state index contributed by atoms with van der Waals surface area (Å²) in [5.74, 6) is -1.54. The summed E-state index contributed by atoms with van der Waals surface area (Å²) in [6, 6.07) is 0. The Bertz CT molecular complexity index is 869. The summed E-state index contributed by atoms with van der Waals surface area (Å²) in [6.07, 6.45) is 12.2. The van der Waals surface area contributed by atoms with Gasteiger partial charge < -0.3 is 9.84 Å². The molecular formula is C29H44F2O3. The Balaban J connectivity index is 1.50. The molecule has 3 saturated carbocycles. The first-order chi connectivity index (χ1) is 15.7. The number of halogens is 2. The van der Waals surface area contributed by atoms with E-state index in [9.17, 15) is 18.7 Å². The van der Waals surface area contributed by atoms with Gasteiger partial charge in [0, 0.05) is 19.8 Å².